The third kappa shape index (κ3) is 3.04. The smallest absolute Gasteiger partial charge is 0.247 e. The molecule has 19 heavy (non-hydrogen) atoms. The van der Waals surface area contributed by atoms with Gasteiger partial charge >= 0.3 is 0 Å². The van der Waals surface area contributed by atoms with Crippen LogP contribution < -0.4 is 15.8 Å². The Morgan fingerprint density at radius 1 is 1.58 bits per heavy atom. The molecule has 1 atom stereocenters. The monoisotopic (exact) mass is 264 g/mol. The highest BCUT2D eigenvalue weighted by Crippen LogP contribution is 2.28. The minimum absolute atomic E-state index is 0.0868. The van der Waals surface area contributed by atoms with E-state index in [9.17, 15) is 9.90 Å². The number of primary amides is 1. The van der Waals surface area contributed by atoms with E-state index in [2.05, 4.69) is 5.32 Å². The summed E-state index contributed by atoms with van der Waals surface area (Å²) in [7, 11) is 1.58. The number of para-hydroxylation sites is 1. The van der Waals surface area contributed by atoms with Crippen molar-refractivity contribution in [2.24, 2.45) is 5.73 Å². The molecule has 0 fully saturated rings. The van der Waals surface area contributed by atoms with Crippen LogP contribution in [0.15, 0.2) is 28.7 Å². The highest BCUT2D eigenvalue weighted by Gasteiger charge is 2.11. The molecule has 6 heteroatoms. The van der Waals surface area contributed by atoms with E-state index in [-0.39, 0.29) is 6.54 Å². The van der Waals surface area contributed by atoms with Gasteiger partial charge in [0.15, 0.2) is 11.3 Å². The maximum absolute atomic E-state index is 10.7. The van der Waals surface area contributed by atoms with E-state index in [4.69, 9.17) is 14.9 Å². The maximum Gasteiger partial charge on any atom is 0.247 e. The van der Waals surface area contributed by atoms with Crippen molar-refractivity contribution in [1.82, 2.24) is 5.32 Å². The number of amides is 1. The third-order valence-corrected chi connectivity index (χ3v) is 2.74. The second-order valence-electron chi connectivity index (χ2n) is 4.14. The molecule has 1 amide bonds. The van der Waals surface area contributed by atoms with Crippen LogP contribution in [0, 0.1) is 0 Å². The number of aliphatic hydroxyl groups is 1. The van der Waals surface area contributed by atoms with Crippen LogP contribution in [0.4, 0.5) is 0 Å². The number of ether oxygens (including phenoxy) is 1. The molecule has 0 aliphatic heterocycles. The molecule has 0 saturated heterocycles. The van der Waals surface area contributed by atoms with Crippen molar-refractivity contribution >= 4 is 16.9 Å². The largest absolute Gasteiger partial charge is 0.493 e. The lowest BCUT2D eigenvalue weighted by atomic mass is 10.2. The molecule has 1 unspecified atom stereocenters. The summed E-state index contributed by atoms with van der Waals surface area (Å²) < 4.78 is 10.8. The fourth-order valence-electron chi connectivity index (χ4n) is 1.77. The number of benzene rings is 1. The zero-order chi connectivity index (χ0) is 13.8. The van der Waals surface area contributed by atoms with E-state index >= 15 is 0 Å². The number of fused-ring (bicyclic) bond motifs is 1. The van der Waals surface area contributed by atoms with Gasteiger partial charge in [0.25, 0.3) is 0 Å². The van der Waals surface area contributed by atoms with Crippen LogP contribution in [0.1, 0.15) is 5.76 Å². The number of aliphatic hydroxyl groups excluding tert-OH is 1. The number of hydrogen-bond donors (Lipinski definition) is 3. The standard InChI is InChI=1S/C13H16N2O4/c1-18-11-4-2-3-8-5-9(19-12(8)11)6-15-7-10(16)13(14)17/h2-5,10,15-16H,6-7H2,1H3,(H2,14,17). The lowest BCUT2D eigenvalue weighted by molar-refractivity contribution is -0.125. The quantitative estimate of drug-likeness (QED) is 0.700. The molecule has 0 spiro atoms. The SMILES string of the molecule is COc1cccc2cc(CNCC(O)C(N)=O)oc12. The summed E-state index contributed by atoms with van der Waals surface area (Å²) >= 11 is 0. The first-order valence-corrected chi connectivity index (χ1v) is 5.85. The predicted octanol–water partition coefficient (Wildman–Crippen LogP) is 0.377. The van der Waals surface area contributed by atoms with Crippen molar-refractivity contribution in [2.75, 3.05) is 13.7 Å². The van der Waals surface area contributed by atoms with E-state index in [1.807, 2.05) is 24.3 Å². The van der Waals surface area contributed by atoms with Gasteiger partial charge in [0, 0.05) is 11.9 Å². The van der Waals surface area contributed by atoms with Crippen LogP contribution in [-0.2, 0) is 11.3 Å². The molecule has 1 heterocycles. The van der Waals surface area contributed by atoms with Gasteiger partial charge in [0.05, 0.1) is 13.7 Å². The van der Waals surface area contributed by atoms with Crippen LogP contribution in [0.3, 0.4) is 0 Å². The Hall–Kier alpha value is -2.05. The molecule has 0 radical (unpaired) electrons. The van der Waals surface area contributed by atoms with Gasteiger partial charge < -0.3 is 25.3 Å². The van der Waals surface area contributed by atoms with Crippen molar-refractivity contribution in [3.05, 3.63) is 30.0 Å². The number of nitrogens with one attached hydrogen (secondary N) is 1. The summed E-state index contributed by atoms with van der Waals surface area (Å²) in [5, 5.41) is 13.1. The third-order valence-electron chi connectivity index (χ3n) is 2.74. The van der Waals surface area contributed by atoms with Crippen LogP contribution >= 0.6 is 0 Å². The van der Waals surface area contributed by atoms with Gasteiger partial charge in [0.1, 0.15) is 11.9 Å². The summed E-state index contributed by atoms with van der Waals surface area (Å²) in [5.74, 6) is 0.607. The van der Waals surface area contributed by atoms with Crippen molar-refractivity contribution in [2.45, 2.75) is 12.6 Å². The van der Waals surface area contributed by atoms with Gasteiger partial charge in [-0.05, 0) is 12.1 Å². The van der Waals surface area contributed by atoms with Crippen LogP contribution in [0.5, 0.6) is 5.75 Å². The van der Waals surface area contributed by atoms with E-state index in [0.29, 0.717) is 23.6 Å². The van der Waals surface area contributed by atoms with Crippen LogP contribution in [0.25, 0.3) is 11.0 Å². The minimum Gasteiger partial charge on any atom is -0.493 e. The van der Waals surface area contributed by atoms with Gasteiger partial charge in [-0.15, -0.1) is 0 Å². The predicted molar refractivity (Wildman–Crippen MR) is 69.7 cm³/mol. The normalized spacial score (nSPS) is 12.5. The number of carbonyl (C=O) groups excluding carboxylic acids is 1. The number of furan rings is 1. The summed E-state index contributed by atoms with van der Waals surface area (Å²) in [6.07, 6.45) is -1.20. The van der Waals surface area contributed by atoms with Crippen molar-refractivity contribution < 1.29 is 19.1 Å². The number of nitrogens with two attached hydrogens (primary N) is 1. The Morgan fingerprint density at radius 3 is 3.05 bits per heavy atom. The molecule has 4 N–H and O–H groups in total. The van der Waals surface area contributed by atoms with Crippen molar-refractivity contribution in [3.8, 4) is 5.75 Å². The molecule has 0 bridgehead atoms. The number of rotatable bonds is 6. The van der Waals surface area contributed by atoms with Crippen LogP contribution in [-0.4, -0.2) is 30.8 Å². The number of methoxy groups -OCH3 is 1. The van der Waals surface area contributed by atoms with Gasteiger partial charge in [-0.1, -0.05) is 12.1 Å². The first kappa shape index (κ1) is 13.4. The summed E-state index contributed by atoms with van der Waals surface area (Å²) in [6.45, 7) is 0.478. The summed E-state index contributed by atoms with van der Waals surface area (Å²) in [4.78, 5) is 10.7. The number of hydrogen-bond acceptors (Lipinski definition) is 5. The van der Waals surface area contributed by atoms with Gasteiger partial charge in [-0.3, -0.25) is 4.79 Å². The van der Waals surface area contributed by atoms with Gasteiger partial charge in [-0.2, -0.15) is 0 Å². The second-order valence-corrected chi connectivity index (χ2v) is 4.14. The Morgan fingerprint density at radius 2 is 2.37 bits per heavy atom. The molecule has 102 valence electrons. The highest BCUT2D eigenvalue weighted by molar-refractivity contribution is 5.83. The van der Waals surface area contributed by atoms with Crippen LogP contribution in [0.2, 0.25) is 0 Å². The first-order valence-electron chi connectivity index (χ1n) is 5.85. The second kappa shape index (κ2) is 5.73. The fourth-order valence-corrected chi connectivity index (χ4v) is 1.77. The lowest BCUT2D eigenvalue weighted by Crippen LogP contribution is -2.37. The van der Waals surface area contributed by atoms with Gasteiger partial charge in [-0.25, -0.2) is 0 Å². The Bertz CT molecular complexity index is 579. The van der Waals surface area contributed by atoms with E-state index in [1.54, 1.807) is 7.11 Å². The Balaban J connectivity index is 2.04. The lowest BCUT2D eigenvalue weighted by Gasteiger charge is -2.06. The fraction of sp³-hybridized carbons (Fsp3) is 0.308. The van der Waals surface area contributed by atoms with E-state index < -0.39 is 12.0 Å². The zero-order valence-corrected chi connectivity index (χ0v) is 10.6. The zero-order valence-electron chi connectivity index (χ0n) is 10.6. The van der Waals surface area contributed by atoms with E-state index in [0.717, 1.165) is 5.39 Å². The molecule has 6 nitrogen and oxygen atoms in total. The minimum atomic E-state index is -1.20. The molecule has 1 aromatic carbocycles. The molecule has 1 aromatic heterocycles. The average molecular weight is 264 g/mol. The number of carbonyl (C=O) groups is 1. The van der Waals surface area contributed by atoms with Crippen molar-refractivity contribution in [1.29, 1.82) is 0 Å². The Labute approximate surface area is 110 Å². The molecule has 0 aliphatic rings. The van der Waals surface area contributed by atoms with Gasteiger partial charge in [0.2, 0.25) is 5.91 Å². The van der Waals surface area contributed by atoms with E-state index in [1.165, 1.54) is 0 Å². The Kier molecular flexibility index (Phi) is 4.03. The topological polar surface area (TPSA) is 97.7 Å². The molecular formula is C13H16N2O4. The first-order chi connectivity index (χ1) is 9.11. The molecule has 0 saturated carbocycles. The average Bonchev–Trinajstić information content (AvgIpc) is 2.80. The van der Waals surface area contributed by atoms with Crippen molar-refractivity contribution in [3.63, 3.8) is 0 Å². The molecule has 0 aliphatic carbocycles. The molecule has 2 rings (SSSR count). The summed E-state index contributed by atoms with van der Waals surface area (Å²) in [6, 6.07) is 7.50. The maximum atomic E-state index is 10.7. The molecule has 2 aromatic rings. The molecular weight excluding hydrogens is 248 g/mol. The highest BCUT2D eigenvalue weighted by atomic mass is 16.5. The summed E-state index contributed by atoms with van der Waals surface area (Å²) in [5.41, 5.74) is 5.62.